The molecule has 6 nitrogen and oxygen atoms in total. The number of nitrogens with one attached hydrogen (secondary N) is 1. The Balaban J connectivity index is 1.62. The molecule has 0 aliphatic heterocycles. The Morgan fingerprint density at radius 3 is 2.67 bits per heavy atom. The number of benzene rings is 2. The van der Waals surface area contributed by atoms with Crippen molar-refractivity contribution in [1.29, 1.82) is 0 Å². The van der Waals surface area contributed by atoms with Crippen molar-refractivity contribution in [1.82, 2.24) is 5.16 Å². The smallest absolute Gasteiger partial charge is 0.312 e. The average molecular weight is 378 g/mol. The third-order valence-corrected chi connectivity index (χ3v) is 3.73. The van der Waals surface area contributed by atoms with Crippen LogP contribution in [0.1, 0.15) is 12.6 Å². The highest BCUT2D eigenvalue weighted by Crippen LogP contribution is 2.21. The zero-order chi connectivity index (χ0) is 19.6. The number of carbonyl (C=O) groups excluding carboxylic acids is 2. The highest BCUT2D eigenvalue weighted by molar-refractivity contribution is 5.95. The molecule has 0 spiro atoms. The van der Waals surface area contributed by atoms with Crippen LogP contribution in [-0.4, -0.2) is 23.1 Å². The number of hydrogen-bond acceptors (Lipinski definition) is 5. The molecule has 0 fully saturated rings. The molecule has 140 valence electrons. The summed E-state index contributed by atoms with van der Waals surface area (Å²) in [7, 11) is 0. The van der Waals surface area contributed by atoms with E-state index in [2.05, 4.69) is 5.16 Å². The van der Waals surface area contributed by atoms with Crippen LogP contribution in [-0.2, 0) is 20.7 Å². The monoisotopic (exact) mass is 378 g/mol. The lowest BCUT2D eigenvalue weighted by atomic mass is 10.2. The van der Waals surface area contributed by atoms with E-state index in [0.717, 1.165) is 6.07 Å². The highest BCUT2D eigenvalue weighted by atomic mass is 19.2. The quantitative estimate of drug-likeness (QED) is 0.544. The summed E-state index contributed by atoms with van der Waals surface area (Å²) in [6.45, 7) is 1.26. The lowest BCUT2D eigenvalue weighted by Crippen LogP contribution is -2.31. The Kier molecular flexibility index (Phi) is 5.11. The van der Waals surface area contributed by atoms with Gasteiger partial charge in [-0.25, -0.2) is 13.2 Å². The minimum absolute atomic E-state index is 0.242. The second kappa shape index (κ2) is 7.48. The second-order valence-corrected chi connectivity index (χ2v) is 5.65. The second-order valence-electron chi connectivity index (χ2n) is 5.65. The van der Waals surface area contributed by atoms with Gasteiger partial charge in [-0.1, -0.05) is 17.3 Å². The number of carbonyl (C=O) groups is 2. The largest absolute Gasteiger partial charge is 0.452 e. The fourth-order valence-corrected chi connectivity index (χ4v) is 2.35. The van der Waals surface area contributed by atoms with Gasteiger partial charge in [0.2, 0.25) is 0 Å². The van der Waals surface area contributed by atoms with Gasteiger partial charge in [-0.3, -0.25) is 9.59 Å². The maximum Gasteiger partial charge on any atom is 0.312 e. The van der Waals surface area contributed by atoms with Crippen LogP contribution in [0.25, 0.3) is 11.0 Å². The summed E-state index contributed by atoms with van der Waals surface area (Å²) in [4.78, 5) is 24.0. The molecule has 3 aromatic rings. The minimum Gasteiger partial charge on any atom is -0.452 e. The van der Waals surface area contributed by atoms with Crippen LogP contribution in [0.2, 0.25) is 0 Å². The van der Waals surface area contributed by atoms with Crippen molar-refractivity contribution in [3.63, 3.8) is 0 Å². The van der Waals surface area contributed by atoms with Crippen LogP contribution in [0.15, 0.2) is 40.9 Å². The standard InChI is InChI=1S/C18H13F3N2O4/c1-9(18(25)22-12-7-6-11(19)16(20)17(12)21)26-15(24)8-13-10-4-2-3-5-14(10)27-23-13/h2-7,9H,8H2,1H3,(H,22,25)/t9-/m0/s1. The minimum atomic E-state index is -1.71. The van der Waals surface area contributed by atoms with Crippen molar-refractivity contribution in [3.8, 4) is 0 Å². The molecule has 27 heavy (non-hydrogen) atoms. The first kappa shape index (κ1) is 18.4. The fraction of sp³-hybridized carbons (Fsp3) is 0.167. The van der Waals surface area contributed by atoms with Crippen molar-refractivity contribution >= 4 is 28.5 Å². The fourth-order valence-electron chi connectivity index (χ4n) is 2.35. The molecule has 0 unspecified atom stereocenters. The lowest BCUT2D eigenvalue weighted by Gasteiger charge is -2.14. The molecule has 1 N–H and O–H groups in total. The Hall–Kier alpha value is -3.36. The van der Waals surface area contributed by atoms with Gasteiger partial charge < -0.3 is 14.6 Å². The molecule has 0 radical (unpaired) electrons. The normalized spacial score (nSPS) is 12.0. The first-order valence-corrected chi connectivity index (χ1v) is 7.84. The van der Waals surface area contributed by atoms with Gasteiger partial charge in [0.05, 0.1) is 12.1 Å². The summed E-state index contributed by atoms with van der Waals surface area (Å²) in [6, 6.07) is 8.43. The third kappa shape index (κ3) is 3.91. The van der Waals surface area contributed by atoms with Gasteiger partial charge in [0, 0.05) is 5.39 Å². The van der Waals surface area contributed by atoms with Crippen molar-refractivity contribution in [2.24, 2.45) is 0 Å². The zero-order valence-corrected chi connectivity index (χ0v) is 14.0. The molecule has 1 amide bonds. The van der Waals surface area contributed by atoms with Crippen LogP contribution in [0, 0.1) is 17.5 Å². The molecule has 9 heteroatoms. The number of esters is 1. The molecular weight excluding hydrogens is 365 g/mol. The predicted octanol–water partition coefficient (Wildman–Crippen LogP) is 3.36. The van der Waals surface area contributed by atoms with E-state index in [1.165, 1.54) is 6.92 Å². The molecule has 1 heterocycles. The number of hydrogen-bond donors (Lipinski definition) is 1. The summed E-state index contributed by atoms with van der Waals surface area (Å²) >= 11 is 0. The van der Waals surface area contributed by atoms with Gasteiger partial charge in [0.1, 0.15) is 5.69 Å². The molecule has 0 saturated carbocycles. The SMILES string of the molecule is C[C@H](OC(=O)Cc1noc2ccccc12)C(=O)Nc1ccc(F)c(F)c1F. The van der Waals surface area contributed by atoms with Gasteiger partial charge in [0.25, 0.3) is 5.91 Å². The predicted molar refractivity (Wildman–Crippen MR) is 88.2 cm³/mol. The Morgan fingerprint density at radius 2 is 1.89 bits per heavy atom. The molecule has 0 bridgehead atoms. The van der Waals surface area contributed by atoms with Crippen molar-refractivity contribution < 1.29 is 32.0 Å². The molecule has 0 saturated heterocycles. The summed E-state index contributed by atoms with van der Waals surface area (Å²) in [5.41, 5.74) is 0.277. The number of anilines is 1. The number of rotatable bonds is 5. The van der Waals surface area contributed by atoms with Gasteiger partial charge in [0.15, 0.2) is 29.1 Å². The Morgan fingerprint density at radius 1 is 1.15 bits per heavy atom. The van der Waals surface area contributed by atoms with E-state index >= 15 is 0 Å². The molecule has 1 aromatic heterocycles. The van der Waals surface area contributed by atoms with E-state index in [4.69, 9.17) is 9.26 Å². The number of fused-ring (bicyclic) bond motifs is 1. The van der Waals surface area contributed by atoms with Gasteiger partial charge >= 0.3 is 5.97 Å². The summed E-state index contributed by atoms with van der Waals surface area (Å²) in [5, 5.41) is 6.46. The van der Waals surface area contributed by atoms with Crippen LogP contribution >= 0.6 is 0 Å². The highest BCUT2D eigenvalue weighted by Gasteiger charge is 2.22. The van der Waals surface area contributed by atoms with E-state index in [1.54, 1.807) is 24.3 Å². The van der Waals surface area contributed by atoms with Crippen LogP contribution < -0.4 is 5.32 Å². The molecule has 0 aliphatic rings. The first-order valence-electron chi connectivity index (χ1n) is 7.84. The van der Waals surface area contributed by atoms with Gasteiger partial charge in [-0.15, -0.1) is 0 Å². The third-order valence-electron chi connectivity index (χ3n) is 3.73. The molecular formula is C18H13F3N2O4. The first-order chi connectivity index (χ1) is 12.9. The van der Waals surface area contributed by atoms with E-state index in [9.17, 15) is 22.8 Å². The lowest BCUT2D eigenvalue weighted by molar-refractivity contribution is -0.152. The molecule has 1 atom stereocenters. The average Bonchev–Trinajstić information content (AvgIpc) is 3.05. The zero-order valence-electron chi connectivity index (χ0n) is 14.0. The van der Waals surface area contributed by atoms with Crippen LogP contribution in [0.5, 0.6) is 0 Å². The van der Waals surface area contributed by atoms with Crippen LogP contribution in [0.3, 0.4) is 0 Å². The molecule has 0 aliphatic carbocycles. The van der Waals surface area contributed by atoms with E-state index in [1.807, 2.05) is 5.32 Å². The van der Waals surface area contributed by atoms with Crippen molar-refractivity contribution in [2.45, 2.75) is 19.4 Å². The van der Waals surface area contributed by atoms with Crippen molar-refractivity contribution in [3.05, 3.63) is 59.5 Å². The Labute approximate surface area is 150 Å². The maximum absolute atomic E-state index is 13.6. The summed E-state index contributed by atoms with van der Waals surface area (Å²) in [6.07, 6.45) is -1.54. The Bertz CT molecular complexity index is 1020. The van der Waals surface area contributed by atoms with E-state index in [0.29, 0.717) is 22.7 Å². The summed E-state index contributed by atoms with van der Waals surface area (Å²) < 4.78 is 49.7. The number of halogens is 3. The van der Waals surface area contributed by atoms with Gasteiger partial charge in [-0.05, 0) is 31.2 Å². The maximum atomic E-state index is 13.6. The molecule has 3 rings (SSSR count). The van der Waals surface area contributed by atoms with Gasteiger partial charge in [-0.2, -0.15) is 0 Å². The number of ether oxygens (including phenoxy) is 1. The van der Waals surface area contributed by atoms with E-state index < -0.39 is 41.1 Å². The summed E-state index contributed by atoms with van der Waals surface area (Å²) in [5.74, 6) is -6.31. The topological polar surface area (TPSA) is 81.4 Å². The number of amides is 1. The number of aromatic nitrogens is 1. The number of para-hydroxylation sites is 1. The van der Waals surface area contributed by atoms with E-state index in [-0.39, 0.29) is 6.42 Å². The molecule has 2 aromatic carbocycles. The van der Waals surface area contributed by atoms with Crippen molar-refractivity contribution in [2.75, 3.05) is 5.32 Å². The number of nitrogens with zero attached hydrogens (tertiary/aromatic N) is 1. The van der Waals surface area contributed by atoms with Crippen LogP contribution in [0.4, 0.5) is 18.9 Å².